The summed E-state index contributed by atoms with van der Waals surface area (Å²) in [6.07, 6.45) is 0. The quantitative estimate of drug-likeness (QED) is 0.392. The summed E-state index contributed by atoms with van der Waals surface area (Å²) in [5.41, 5.74) is 4.09. The predicted molar refractivity (Wildman–Crippen MR) is 130 cm³/mol. The van der Waals surface area contributed by atoms with Crippen LogP contribution in [-0.4, -0.2) is 29.5 Å². The third kappa shape index (κ3) is 1.68. The Morgan fingerprint density at radius 1 is 1.00 bits per heavy atom. The van der Waals surface area contributed by atoms with Crippen LogP contribution in [-0.2, 0) is 9.53 Å². The van der Waals surface area contributed by atoms with Gasteiger partial charge in [0.2, 0.25) is 0 Å². The molecule has 0 atom stereocenters. The summed E-state index contributed by atoms with van der Waals surface area (Å²) >= 11 is 2.29. The van der Waals surface area contributed by atoms with Crippen molar-refractivity contribution in [1.82, 2.24) is 10.3 Å². The molecule has 0 spiro atoms. The number of rotatable bonds is 4. The molecule has 6 aliphatic rings. The van der Waals surface area contributed by atoms with Gasteiger partial charge in [0.15, 0.2) is 0 Å². The summed E-state index contributed by atoms with van der Waals surface area (Å²) in [7, 11) is 1.50. The Kier molecular flexibility index (Phi) is 3.20. The van der Waals surface area contributed by atoms with Gasteiger partial charge in [0.1, 0.15) is 0 Å². The second-order valence-electron chi connectivity index (χ2n) is 10.5. The number of benzene rings is 2. The second-order valence-corrected chi connectivity index (χ2v) is 11.7. The first-order valence-corrected chi connectivity index (χ1v) is 12.6. The summed E-state index contributed by atoms with van der Waals surface area (Å²) in [4.78, 5) is 31.3. The Balaban J connectivity index is 1.19. The van der Waals surface area contributed by atoms with Crippen molar-refractivity contribution in [1.29, 1.82) is 0 Å². The molecule has 1 N–H and O–H groups in total. The van der Waals surface area contributed by atoms with Crippen LogP contribution in [0.5, 0.6) is 0 Å². The average molecular weight is 548 g/mol. The molecule has 6 heteroatoms. The molecule has 1 heterocycles. The molecule has 0 unspecified atom stereocenters. The maximum Gasteiger partial charge on any atom is 0.312 e. The Bertz CT molecular complexity index is 1400. The molecule has 33 heavy (non-hydrogen) atoms. The van der Waals surface area contributed by atoms with Gasteiger partial charge in [0, 0.05) is 14.5 Å². The van der Waals surface area contributed by atoms with Crippen molar-refractivity contribution in [2.45, 2.75) is 12.5 Å². The molecule has 1 aromatic heterocycles. The minimum atomic E-state index is -0.183. The van der Waals surface area contributed by atoms with Crippen molar-refractivity contribution in [3.63, 3.8) is 0 Å². The fraction of sp³-hybridized carbons (Fsp3) is 0.370. The largest absolute Gasteiger partial charge is 0.469 e. The van der Waals surface area contributed by atoms with Crippen molar-refractivity contribution >= 4 is 45.4 Å². The fourth-order valence-corrected chi connectivity index (χ4v) is 9.61. The van der Waals surface area contributed by atoms with Crippen molar-refractivity contribution < 1.29 is 14.3 Å². The lowest BCUT2D eigenvalue weighted by Gasteiger charge is -3.09. The highest BCUT2D eigenvalue weighted by Crippen LogP contribution is 3.07. The summed E-state index contributed by atoms with van der Waals surface area (Å²) in [5.74, 6) is 2.67. The number of hydrogen-bond acceptors (Lipinski definition) is 4. The van der Waals surface area contributed by atoms with Crippen LogP contribution in [0.3, 0.4) is 0 Å². The summed E-state index contributed by atoms with van der Waals surface area (Å²) in [6, 6.07) is 16.2. The highest BCUT2D eigenvalue weighted by molar-refractivity contribution is 14.1. The molecule has 0 aliphatic heterocycles. The van der Waals surface area contributed by atoms with E-state index in [2.05, 4.69) is 34.0 Å². The number of hydrogen-bond donors (Lipinski definition) is 1. The van der Waals surface area contributed by atoms with E-state index in [1.54, 1.807) is 0 Å². The van der Waals surface area contributed by atoms with Crippen LogP contribution in [0.1, 0.15) is 15.9 Å². The van der Waals surface area contributed by atoms with Gasteiger partial charge in [-0.15, -0.1) is 0 Å². The van der Waals surface area contributed by atoms with Crippen LogP contribution >= 0.6 is 22.6 Å². The Morgan fingerprint density at radius 2 is 1.67 bits per heavy atom. The lowest BCUT2D eigenvalue weighted by Crippen LogP contribution is -3.16. The first kappa shape index (κ1) is 18.9. The zero-order valence-corrected chi connectivity index (χ0v) is 20.3. The molecular weight excluding hydrogens is 527 g/mol. The molecule has 5 nitrogen and oxygen atoms in total. The van der Waals surface area contributed by atoms with Crippen LogP contribution in [0, 0.1) is 51.4 Å². The number of esters is 1. The lowest BCUT2D eigenvalue weighted by atomic mass is 8.94. The number of pyridine rings is 1. The second kappa shape index (κ2) is 5.59. The van der Waals surface area contributed by atoms with Gasteiger partial charge in [-0.25, -0.2) is 4.98 Å². The van der Waals surface area contributed by atoms with E-state index in [1.807, 2.05) is 49.4 Å². The third-order valence-corrected chi connectivity index (χ3v) is 10.6. The molecular formula is C27H21IN2O3. The van der Waals surface area contributed by atoms with Gasteiger partial charge in [-0.3, -0.25) is 9.59 Å². The highest BCUT2D eigenvalue weighted by Gasteiger charge is 3.12. The van der Waals surface area contributed by atoms with Gasteiger partial charge in [0.05, 0.1) is 34.8 Å². The lowest BCUT2D eigenvalue weighted by molar-refractivity contribution is -0.609. The van der Waals surface area contributed by atoms with Crippen LogP contribution < -0.4 is 5.32 Å². The molecule has 6 saturated carbocycles. The first-order chi connectivity index (χ1) is 16.0. The molecule has 2 aromatic carbocycles. The number of aromatic nitrogens is 1. The van der Waals surface area contributed by atoms with E-state index >= 15 is 0 Å². The first-order valence-electron chi connectivity index (χ1n) is 11.5. The Labute approximate surface area is 204 Å². The normalized spacial score (nSPS) is 39.2. The molecule has 6 aliphatic carbocycles. The van der Waals surface area contributed by atoms with E-state index < -0.39 is 0 Å². The minimum absolute atomic E-state index is 0.00176. The molecule has 164 valence electrons. The van der Waals surface area contributed by atoms with Gasteiger partial charge >= 0.3 is 5.97 Å². The molecule has 9 rings (SSSR count). The molecule has 0 saturated heterocycles. The molecule has 1 amide bonds. The minimum Gasteiger partial charge on any atom is -0.469 e. The number of amides is 1. The third-order valence-electron chi connectivity index (χ3n) is 9.96. The number of ether oxygens (including phenoxy) is 1. The van der Waals surface area contributed by atoms with Crippen LogP contribution in [0.4, 0.5) is 0 Å². The van der Waals surface area contributed by atoms with E-state index in [0.29, 0.717) is 35.5 Å². The number of carbonyl (C=O) groups is 2. The van der Waals surface area contributed by atoms with Gasteiger partial charge in [-0.05, 0) is 88.8 Å². The smallest absolute Gasteiger partial charge is 0.312 e. The summed E-state index contributed by atoms with van der Waals surface area (Å²) in [5, 5.41) is 4.41. The maximum atomic E-state index is 13.9. The molecule has 0 bridgehead atoms. The zero-order valence-electron chi connectivity index (χ0n) is 18.1. The van der Waals surface area contributed by atoms with Gasteiger partial charge in [0.25, 0.3) is 5.91 Å². The number of fused-ring (bicyclic) bond motifs is 1. The van der Waals surface area contributed by atoms with Gasteiger partial charge in [-0.2, -0.15) is 0 Å². The SMILES string of the molecule is COC(=O)C12C3C4C1C1C2C3C41NC(=O)c1c(C)c(-c2ccccc2)nc2ccc(I)cc12. The highest BCUT2D eigenvalue weighted by atomic mass is 127. The Morgan fingerprint density at radius 3 is 2.30 bits per heavy atom. The molecule has 6 fully saturated rings. The van der Waals surface area contributed by atoms with Gasteiger partial charge in [-0.1, -0.05) is 30.3 Å². The molecule has 0 radical (unpaired) electrons. The topological polar surface area (TPSA) is 68.3 Å². The van der Waals surface area contributed by atoms with Gasteiger partial charge < -0.3 is 10.1 Å². The van der Waals surface area contributed by atoms with E-state index in [4.69, 9.17) is 9.72 Å². The van der Waals surface area contributed by atoms with E-state index in [9.17, 15) is 9.59 Å². The Hall–Kier alpha value is -2.48. The van der Waals surface area contributed by atoms with E-state index in [-0.39, 0.29) is 22.8 Å². The summed E-state index contributed by atoms with van der Waals surface area (Å²) in [6.45, 7) is 2.01. The summed E-state index contributed by atoms with van der Waals surface area (Å²) < 4.78 is 6.22. The molecule has 3 aromatic rings. The number of carbonyl (C=O) groups excluding carboxylic acids is 2. The van der Waals surface area contributed by atoms with E-state index in [0.717, 1.165) is 36.9 Å². The number of halogens is 1. The monoisotopic (exact) mass is 548 g/mol. The zero-order chi connectivity index (χ0) is 22.4. The predicted octanol–water partition coefficient (Wildman–Crippen LogP) is 4.21. The van der Waals surface area contributed by atoms with Crippen LogP contribution in [0.2, 0.25) is 0 Å². The van der Waals surface area contributed by atoms with Crippen molar-refractivity contribution in [3.05, 3.63) is 63.2 Å². The van der Waals surface area contributed by atoms with Crippen molar-refractivity contribution in [2.75, 3.05) is 7.11 Å². The number of nitrogens with zero attached hydrogens (tertiary/aromatic N) is 1. The van der Waals surface area contributed by atoms with E-state index in [1.165, 1.54) is 7.11 Å². The average Bonchev–Trinajstić information content (AvgIpc) is 2.84. The van der Waals surface area contributed by atoms with Crippen molar-refractivity contribution in [3.8, 4) is 11.3 Å². The fourth-order valence-electron chi connectivity index (χ4n) is 9.12. The van der Waals surface area contributed by atoms with Crippen molar-refractivity contribution in [2.24, 2.45) is 40.9 Å². The van der Waals surface area contributed by atoms with Crippen LogP contribution in [0.15, 0.2) is 48.5 Å². The standard InChI is InChI=1S/C27H21IN2O3/c1-11-16(14-10-13(28)8-9-15(14)29-23(11)12-6-4-3-5-7-12)24(31)30-27-20-17-21(27)19-22(27)18(20)26(17,19)25(32)33-2/h3-10,17-22H,1-2H3,(H,30,31). The number of methoxy groups -OCH3 is 1. The van der Waals surface area contributed by atoms with Crippen LogP contribution in [0.25, 0.3) is 22.2 Å². The number of nitrogens with one attached hydrogen (secondary N) is 1. The maximum absolute atomic E-state index is 13.9.